The van der Waals surface area contributed by atoms with Crippen molar-refractivity contribution in [2.24, 2.45) is 5.92 Å². The van der Waals surface area contributed by atoms with Gasteiger partial charge in [0.1, 0.15) is 0 Å². The van der Waals surface area contributed by atoms with Gasteiger partial charge in [0.05, 0.1) is 23.6 Å². The van der Waals surface area contributed by atoms with Crippen molar-refractivity contribution in [1.82, 2.24) is 9.62 Å². The molecule has 0 unspecified atom stereocenters. The average Bonchev–Trinajstić information content (AvgIpc) is 3.42. The van der Waals surface area contributed by atoms with Gasteiger partial charge in [-0.1, -0.05) is 87.4 Å². The standard InChI is InChI=1S/C34H43N3O6S/c1-5-24(3)21-36(44(41,42)29-18-14-26(6-2)15-19-29)22-31(38)30(20-27-10-8-7-9-11-27)35-33(39)32-23-37(34(40)43-32)28-16-12-25(4)13-17-28/h7-19,24,30-32,38H,5-6,20-23H2,1-4H3,(H,35,39)/t24-,30-,31+,32-/m0/s1. The first-order chi connectivity index (χ1) is 21.0. The van der Waals surface area contributed by atoms with E-state index in [4.69, 9.17) is 4.74 Å². The summed E-state index contributed by atoms with van der Waals surface area (Å²) in [5.74, 6) is -0.515. The van der Waals surface area contributed by atoms with Crippen LogP contribution >= 0.6 is 0 Å². The Morgan fingerprint density at radius 3 is 2.27 bits per heavy atom. The summed E-state index contributed by atoms with van der Waals surface area (Å²) >= 11 is 0. The summed E-state index contributed by atoms with van der Waals surface area (Å²) < 4.78 is 34.4. The molecule has 0 bridgehead atoms. The molecule has 3 aromatic rings. The fourth-order valence-electron chi connectivity index (χ4n) is 5.09. The van der Waals surface area contributed by atoms with Gasteiger partial charge in [0.15, 0.2) is 6.10 Å². The molecule has 44 heavy (non-hydrogen) atoms. The minimum atomic E-state index is -3.94. The van der Waals surface area contributed by atoms with E-state index < -0.39 is 40.3 Å². The predicted octanol–water partition coefficient (Wildman–Crippen LogP) is 4.71. The Kier molecular flexibility index (Phi) is 11.2. The molecule has 2 amide bonds. The zero-order valence-corrected chi connectivity index (χ0v) is 26.7. The number of aliphatic hydroxyl groups excluding tert-OH is 1. The van der Waals surface area contributed by atoms with Gasteiger partial charge in [0, 0.05) is 18.8 Å². The largest absolute Gasteiger partial charge is 0.434 e. The third-order valence-corrected chi connectivity index (χ3v) is 9.96. The third-order valence-electron chi connectivity index (χ3n) is 8.11. The minimum absolute atomic E-state index is 0.0180. The molecule has 1 aliphatic heterocycles. The lowest BCUT2D eigenvalue weighted by molar-refractivity contribution is -0.129. The molecule has 0 aromatic heterocycles. The summed E-state index contributed by atoms with van der Waals surface area (Å²) in [5.41, 5.74) is 3.54. The number of nitrogens with one attached hydrogen (secondary N) is 1. The summed E-state index contributed by atoms with van der Waals surface area (Å²) in [4.78, 5) is 27.7. The van der Waals surface area contributed by atoms with Crippen molar-refractivity contribution in [1.29, 1.82) is 0 Å². The summed E-state index contributed by atoms with van der Waals surface area (Å²) in [7, 11) is -3.94. The van der Waals surface area contributed by atoms with Crippen LogP contribution in [0, 0.1) is 12.8 Å². The molecule has 236 valence electrons. The molecule has 3 aromatic carbocycles. The van der Waals surface area contributed by atoms with Crippen molar-refractivity contribution < 1.29 is 27.9 Å². The number of carbonyl (C=O) groups is 2. The lowest BCUT2D eigenvalue weighted by atomic mass is 10.0. The number of aryl methyl sites for hydroxylation is 2. The van der Waals surface area contributed by atoms with E-state index in [1.54, 1.807) is 36.4 Å². The van der Waals surface area contributed by atoms with Gasteiger partial charge in [-0.25, -0.2) is 13.2 Å². The number of aliphatic hydroxyl groups is 1. The topological polar surface area (TPSA) is 116 Å². The summed E-state index contributed by atoms with van der Waals surface area (Å²) in [6.45, 7) is 7.91. The molecule has 10 heteroatoms. The van der Waals surface area contributed by atoms with E-state index in [2.05, 4.69) is 5.32 Å². The summed E-state index contributed by atoms with van der Waals surface area (Å²) in [5, 5.41) is 14.5. The van der Waals surface area contributed by atoms with Gasteiger partial charge in [-0.15, -0.1) is 0 Å². The molecule has 2 N–H and O–H groups in total. The summed E-state index contributed by atoms with van der Waals surface area (Å²) in [6, 6.07) is 22.6. The smallest absolute Gasteiger partial charge is 0.415 e. The van der Waals surface area contributed by atoms with Crippen LogP contribution in [0.3, 0.4) is 0 Å². The number of anilines is 1. The molecule has 0 saturated carbocycles. The van der Waals surface area contributed by atoms with Crippen LogP contribution in [0.2, 0.25) is 0 Å². The first kappa shape index (κ1) is 33.2. The number of ether oxygens (including phenoxy) is 1. The number of cyclic esters (lactones) is 1. The van der Waals surface area contributed by atoms with Crippen molar-refractivity contribution in [3.05, 3.63) is 95.6 Å². The average molecular weight is 622 g/mol. The quantitative estimate of drug-likeness (QED) is 0.270. The highest BCUT2D eigenvalue weighted by Gasteiger charge is 2.39. The Bertz CT molecular complexity index is 1500. The lowest BCUT2D eigenvalue weighted by Crippen LogP contribution is -2.53. The monoisotopic (exact) mass is 621 g/mol. The number of carbonyl (C=O) groups excluding carboxylic acids is 2. The second kappa shape index (κ2) is 14.8. The predicted molar refractivity (Wildman–Crippen MR) is 171 cm³/mol. The lowest BCUT2D eigenvalue weighted by Gasteiger charge is -2.31. The van der Waals surface area contributed by atoms with Crippen LogP contribution in [0.5, 0.6) is 0 Å². The van der Waals surface area contributed by atoms with Gasteiger partial charge in [0.25, 0.3) is 5.91 Å². The molecule has 4 rings (SSSR count). The Morgan fingerprint density at radius 2 is 1.66 bits per heavy atom. The second-order valence-corrected chi connectivity index (χ2v) is 13.5. The zero-order chi connectivity index (χ0) is 31.9. The Labute approximate surface area is 260 Å². The first-order valence-corrected chi connectivity index (χ1v) is 16.6. The highest BCUT2D eigenvalue weighted by molar-refractivity contribution is 7.89. The van der Waals surface area contributed by atoms with Crippen LogP contribution < -0.4 is 10.2 Å². The number of hydrogen-bond donors (Lipinski definition) is 2. The van der Waals surface area contributed by atoms with Crippen LogP contribution in [-0.4, -0.2) is 67.7 Å². The Balaban J connectivity index is 1.55. The maximum atomic E-state index is 13.8. The molecule has 1 heterocycles. The van der Waals surface area contributed by atoms with Gasteiger partial charge < -0.3 is 15.2 Å². The number of benzene rings is 3. The number of sulfonamides is 1. The van der Waals surface area contributed by atoms with Crippen LogP contribution in [0.15, 0.2) is 83.8 Å². The fourth-order valence-corrected chi connectivity index (χ4v) is 6.67. The first-order valence-electron chi connectivity index (χ1n) is 15.2. The Morgan fingerprint density at radius 1 is 1.00 bits per heavy atom. The maximum absolute atomic E-state index is 13.8. The highest BCUT2D eigenvalue weighted by atomic mass is 32.2. The van der Waals surface area contributed by atoms with E-state index >= 15 is 0 Å². The number of hydrogen-bond acceptors (Lipinski definition) is 6. The number of rotatable bonds is 14. The Hall–Kier alpha value is -3.73. The molecule has 1 saturated heterocycles. The van der Waals surface area contributed by atoms with Crippen molar-refractivity contribution in [3.63, 3.8) is 0 Å². The van der Waals surface area contributed by atoms with E-state index in [0.29, 0.717) is 5.69 Å². The molecular weight excluding hydrogens is 578 g/mol. The SMILES string of the molecule is CCc1ccc(S(=O)(=O)N(C[C@@H](C)CC)C[C@@H](O)[C@H](Cc2ccccc2)NC(=O)[C@@H]2CN(c3ccc(C)cc3)C(=O)O2)cc1. The normalized spacial score (nSPS) is 17.3. The molecule has 1 aliphatic rings. The highest BCUT2D eigenvalue weighted by Crippen LogP contribution is 2.24. The van der Waals surface area contributed by atoms with Gasteiger partial charge in [-0.3, -0.25) is 9.69 Å². The van der Waals surface area contributed by atoms with Gasteiger partial charge in [-0.2, -0.15) is 4.31 Å². The van der Waals surface area contributed by atoms with Crippen molar-refractivity contribution in [2.75, 3.05) is 24.5 Å². The van der Waals surface area contributed by atoms with Crippen LogP contribution in [0.25, 0.3) is 0 Å². The van der Waals surface area contributed by atoms with Crippen molar-refractivity contribution >= 4 is 27.7 Å². The van der Waals surface area contributed by atoms with Crippen LogP contribution in [-0.2, 0) is 32.4 Å². The van der Waals surface area contributed by atoms with E-state index in [9.17, 15) is 23.1 Å². The van der Waals surface area contributed by atoms with Crippen molar-refractivity contribution in [2.45, 2.75) is 70.1 Å². The van der Waals surface area contributed by atoms with Crippen LogP contribution in [0.1, 0.15) is 43.9 Å². The van der Waals surface area contributed by atoms with E-state index in [0.717, 1.165) is 29.5 Å². The fraction of sp³-hybridized carbons (Fsp3) is 0.412. The molecule has 0 aliphatic carbocycles. The minimum Gasteiger partial charge on any atom is -0.434 e. The van der Waals surface area contributed by atoms with E-state index in [1.165, 1.54) is 9.21 Å². The second-order valence-electron chi connectivity index (χ2n) is 11.5. The molecule has 1 fully saturated rings. The zero-order valence-electron chi connectivity index (χ0n) is 25.8. The number of amides is 2. The van der Waals surface area contributed by atoms with E-state index in [-0.39, 0.29) is 36.9 Å². The molecular formula is C34H43N3O6S. The van der Waals surface area contributed by atoms with Gasteiger partial charge >= 0.3 is 6.09 Å². The molecule has 9 nitrogen and oxygen atoms in total. The maximum Gasteiger partial charge on any atom is 0.415 e. The third kappa shape index (κ3) is 8.25. The van der Waals surface area contributed by atoms with E-state index in [1.807, 2.05) is 70.2 Å². The van der Waals surface area contributed by atoms with Crippen molar-refractivity contribution in [3.8, 4) is 0 Å². The molecule has 0 radical (unpaired) electrons. The summed E-state index contributed by atoms with van der Waals surface area (Å²) in [6.07, 6.45) is -1.18. The molecule has 4 atom stereocenters. The van der Waals surface area contributed by atoms with Gasteiger partial charge in [0.2, 0.25) is 10.0 Å². The van der Waals surface area contributed by atoms with Gasteiger partial charge in [-0.05, 0) is 61.1 Å². The number of nitrogens with zero attached hydrogens (tertiary/aromatic N) is 2. The molecule has 0 spiro atoms. The van der Waals surface area contributed by atoms with Crippen LogP contribution in [0.4, 0.5) is 10.5 Å².